The van der Waals surface area contributed by atoms with Gasteiger partial charge in [-0.3, -0.25) is 0 Å². The van der Waals surface area contributed by atoms with Gasteiger partial charge in [-0.15, -0.1) is 0 Å². The van der Waals surface area contributed by atoms with E-state index in [9.17, 15) is 0 Å². The first kappa shape index (κ1) is 7.61. The zero-order valence-corrected chi connectivity index (χ0v) is 6.50. The molecule has 0 aliphatic carbocycles. The number of rotatable bonds is 2. The summed E-state index contributed by atoms with van der Waals surface area (Å²) in [6, 6.07) is 0. The van der Waals surface area contributed by atoms with Crippen molar-refractivity contribution in [3.8, 4) is 0 Å². The van der Waals surface area contributed by atoms with Crippen LogP contribution in [0.25, 0.3) is 0 Å². The lowest BCUT2D eigenvalue weighted by atomic mass is 9.98. The van der Waals surface area contributed by atoms with E-state index in [-0.39, 0.29) is 6.61 Å². The Bertz CT molecular complexity index is 138. The summed E-state index contributed by atoms with van der Waals surface area (Å²) in [6.07, 6.45) is 2.02. The van der Waals surface area contributed by atoms with Crippen LogP contribution in [-0.2, 0) is 4.74 Å². The predicted molar refractivity (Wildman–Crippen MR) is 39.4 cm³/mol. The third-order valence-electron chi connectivity index (χ3n) is 1.87. The van der Waals surface area contributed by atoms with Crippen LogP contribution in [0.1, 0.15) is 13.8 Å². The van der Waals surface area contributed by atoms with Gasteiger partial charge in [0.05, 0.1) is 6.61 Å². The van der Waals surface area contributed by atoms with Crippen LogP contribution in [0, 0.1) is 11.8 Å². The molecule has 0 aromatic rings. The Balaban J connectivity index is 2.47. The van der Waals surface area contributed by atoms with E-state index in [4.69, 9.17) is 9.84 Å². The second-order valence-electron chi connectivity index (χ2n) is 3.01. The molecule has 1 heterocycles. The fourth-order valence-corrected chi connectivity index (χ4v) is 1.02. The van der Waals surface area contributed by atoms with E-state index in [1.54, 1.807) is 0 Å². The van der Waals surface area contributed by atoms with E-state index in [0.717, 1.165) is 12.4 Å². The topological polar surface area (TPSA) is 29.5 Å². The SMILES string of the molecule is CC(C)C1C=C(CO)OC1. The van der Waals surface area contributed by atoms with E-state index >= 15 is 0 Å². The summed E-state index contributed by atoms with van der Waals surface area (Å²) in [5, 5.41) is 8.67. The molecule has 58 valence electrons. The lowest BCUT2D eigenvalue weighted by Gasteiger charge is -2.08. The van der Waals surface area contributed by atoms with Gasteiger partial charge in [0.25, 0.3) is 0 Å². The van der Waals surface area contributed by atoms with Crippen LogP contribution in [0.5, 0.6) is 0 Å². The minimum absolute atomic E-state index is 0.0449. The zero-order valence-electron chi connectivity index (χ0n) is 6.50. The number of aliphatic hydroxyl groups is 1. The van der Waals surface area contributed by atoms with Crippen molar-refractivity contribution in [2.45, 2.75) is 13.8 Å². The summed E-state index contributed by atoms with van der Waals surface area (Å²) in [4.78, 5) is 0. The van der Waals surface area contributed by atoms with Gasteiger partial charge in [0.15, 0.2) is 0 Å². The van der Waals surface area contributed by atoms with Crippen molar-refractivity contribution < 1.29 is 9.84 Å². The molecule has 0 saturated carbocycles. The van der Waals surface area contributed by atoms with E-state index in [2.05, 4.69) is 13.8 Å². The van der Waals surface area contributed by atoms with E-state index < -0.39 is 0 Å². The Kier molecular flexibility index (Phi) is 2.33. The van der Waals surface area contributed by atoms with Gasteiger partial charge in [-0.25, -0.2) is 0 Å². The van der Waals surface area contributed by atoms with Gasteiger partial charge in [0, 0.05) is 5.92 Å². The van der Waals surface area contributed by atoms with Gasteiger partial charge in [0.2, 0.25) is 0 Å². The monoisotopic (exact) mass is 142 g/mol. The molecule has 10 heavy (non-hydrogen) atoms. The highest BCUT2D eigenvalue weighted by Gasteiger charge is 2.18. The molecule has 1 aliphatic rings. The predicted octanol–water partition coefficient (Wildman–Crippen LogP) is 1.17. The van der Waals surface area contributed by atoms with Crippen LogP contribution in [0.15, 0.2) is 11.8 Å². The molecule has 1 unspecified atom stereocenters. The average molecular weight is 142 g/mol. The lowest BCUT2D eigenvalue weighted by Crippen LogP contribution is -2.06. The standard InChI is InChI=1S/C8H14O2/c1-6(2)7-3-8(4-9)10-5-7/h3,6-7,9H,4-5H2,1-2H3. The average Bonchev–Trinajstić information content (AvgIpc) is 2.34. The van der Waals surface area contributed by atoms with Crippen LogP contribution in [-0.4, -0.2) is 18.3 Å². The molecule has 2 heteroatoms. The van der Waals surface area contributed by atoms with Crippen LogP contribution in [0.3, 0.4) is 0 Å². The zero-order chi connectivity index (χ0) is 7.56. The number of hydrogen-bond acceptors (Lipinski definition) is 2. The maximum atomic E-state index is 8.67. The van der Waals surface area contributed by atoms with Crippen molar-refractivity contribution in [2.75, 3.05) is 13.2 Å². The van der Waals surface area contributed by atoms with Crippen molar-refractivity contribution in [3.63, 3.8) is 0 Å². The minimum atomic E-state index is 0.0449. The minimum Gasteiger partial charge on any atom is -0.495 e. The van der Waals surface area contributed by atoms with Gasteiger partial charge in [-0.05, 0) is 12.0 Å². The molecule has 1 atom stereocenters. The summed E-state index contributed by atoms with van der Waals surface area (Å²) in [5.41, 5.74) is 0. The van der Waals surface area contributed by atoms with Gasteiger partial charge >= 0.3 is 0 Å². The molecular weight excluding hydrogens is 128 g/mol. The van der Waals surface area contributed by atoms with E-state index in [0.29, 0.717) is 11.8 Å². The van der Waals surface area contributed by atoms with E-state index in [1.165, 1.54) is 0 Å². The van der Waals surface area contributed by atoms with Gasteiger partial charge in [-0.2, -0.15) is 0 Å². The van der Waals surface area contributed by atoms with Crippen molar-refractivity contribution in [1.29, 1.82) is 0 Å². The van der Waals surface area contributed by atoms with Crippen molar-refractivity contribution in [2.24, 2.45) is 11.8 Å². The fourth-order valence-electron chi connectivity index (χ4n) is 1.02. The molecule has 0 amide bonds. The summed E-state index contributed by atoms with van der Waals surface area (Å²) in [6.45, 7) is 5.10. The molecule has 1 aliphatic heterocycles. The first-order chi connectivity index (χ1) is 4.74. The van der Waals surface area contributed by atoms with Gasteiger partial charge < -0.3 is 9.84 Å². The maximum absolute atomic E-state index is 8.67. The summed E-state index contributed by atoms with van der Waals surface area (Å²) in [5.74, 6) is 1.85. The highest BCUT2D eigenvalue weighted by molar-refractivity contribution is 5.03. The Hall–Kier alpha value is -0.500. The first-order valence-corrected chi connectivity index (χ1v) is 3.68. The summed E-state index contributed by atoms with van der Waals surface area (Å²) in [7, 11) is 0. The highest BCUT2D eigenvalue weighted by Crippen LogP contribution is 2.22. The third kappa shape index (κ3) is 1.51. The second-order valence-corrected chi connectivity index (χ2v) is 3.01. The number of ether oxygens (including phenoxy) is 1. The van der Waals surface area contributed by atoms with E-state index in [1.807, 2.05) is 6.08 Å². The van der Waals surface area contributed by atoms with Crippen LogP contribution in [0.4, 0.5) is 0 Å². The highest BCUT2D eigenvalue weighted by atomic mass is 16.5. The Morgan fingerprint density at radius 2 is 2.50 bits per heavy atom. The van der Waals surface area contributed by atoms with Crippen molar-refractivity contribution >= 4 is 0 Å². The maximum Gasteiger partial charge on any atom is 0.118 e. The summed E-state index contributed by atoms with van der Waals surface area (Å²) < 4.78 is 5.19. The Morgan fingerprint density at radius 1 is 1.80 bits per heavy atom. The van der Waals surface area contributed by atoms with Crippen LogP contribution >= 0.6 is 0 Å². The smallest absolute Gasteiger partial charge is 0.118 e. The Labute approximate surface area is 61.5 Å². The molecule has 0 aromatic carbocycles. The molecule has 1 N–H and O–H groups in total. The molecule has 1 rings (SSSR count). The molecule has 2 nitrogen and oxygen atoms in total. The normalized spacial score (nSPS) is 24.8. The van der Waals surface area contributed by atoms with Gasteiger partial charge in [0.1, 0.15) is 12.4 Å². The molecule has 0 fully saturated rings. The fraction of sp³-hybridized carbons (Fsp3) is 0.750. The first-order valence-electron chi connectivity index (χ1n) is 3.68. The number of aliphatic hydroxyl groups excluding tert-OH is 1. The molecular formula is C8H14O2. The molecule has 0 spiro atoms. The molecule has 0 saturated heterocycles. The number of hydrogen-bond donors (Lipinski definition) is 1. The van der Waals surface area contributed by atoms with Crippen molar-refractivity contribution in [3.05, 3.63) is 11.8 Å². The van der Waals surface area contributed by atoms with Gasteiger partial charge in [-0.1, -0.05) is 13.8 Å². The van der Waals surface area contributed by atoms with Crippen LogP contribution < -0.4 is 0 Å². The molecule has 0 bridgehead atoms. The van der Waals surface area contributed by atoms with Crippen molar-refractivity contribution in [1.82, 2.24) is 0 Å². The molecule has 0 aromatic heterocycles. The largest absolute Gasteiger partial charge is 0.495 e. The second kappa shape index (κ2) is 3.06. The quantitative estimate of drug-likeness (QED) is 0.627. The molecule has 0 radical (unpaired) electrons. The Morgan fingerprint density at radius 3 is 2.80 bits per heavy atom. The summed E-state index contributed by atoms with van der Waals surface area (Å²) >= 11 is 0. The third-order valence-corrected chi connectivity index (χ3v) is 1.87. The van der Waals surface area contributed by atoms with Crippen LogP contribution in [0.2, 0.25) is 0 Å². The lowest BCUT2D eigenvalue weighted by molar-refractivity contribution is 0.161.